The third-order valence-corrected chi connectivity index (χ3v) is 8.58. The Bertz CT molecular complexity index is 1780. The lowest BCUT2D eigenvalue weighted by Crippen LogP contribution is -2.21. The number of fused-ring (bicyclic) bond motifs is 1. The van der Waals surface area contributed by atoms with E-state index in [9.17, 15) is 10.1 Å². The molecule has 41 heavy (non-hydrogen) atoms. The third-order valence-electron chi connectivity index (χ3n) is 6.38. The topological polar surface area (TPSA) is 139 Å². The fourth-order valence-electron chi connectivity index (χ4n) is 4.47. The van der Waals surface area contributed by atoms with Gasteiger partial charge in [0.15, 0.2) is 0 Å². The van der Waals surface area contributed by atoms with Crippen molar-refractivity contribution in [3.63, 3.8) is 0 Å². The number of carbonyl (C=O) groups excluding carboxylic acids is 1. The molecule has 0 bridgehead atoms. The molecule has 0 fully saturated rings. The number of hydrogen-bond donors (Lipinski definition) is 3. The Morgan fingerprint density at radius 1 is 1.20 bits per heavy atom. The maximum Gasteiger partial charge on any atom is 0.269 e. The van der Waals surface area contributed by atoms with Crippen LogP contribution in [0.4, 0.5) is 5.69 Å². The van der Waals surface area contributed by atoms with Gasteiger partial charge in [-0.2, -0.15) is 5.26 Å². The number of benzene rings is 2. The number of nitrogen functional groups attached to an aromatic ring is 1. The molecule has 5 rings (SSSR count). The molecule has 0 saturated heterocycles. The Balaban J connectivity index is 1.59. The zero-order valence-electron chi connectivity index (χ0n) is 22.1. The number of rotatable bonds is 9. The predicted octanol–water partition coefficient (Wildman–Crippen LogP) is 5.49. The maximum atomic E-state index is 12.7. The van der Waals surface area contributed by atoms with Crippen molar-refractivity contribution in [3.05, 3.63) is 75.9 Å². The SMILES string of the molecule is CNC(=O)c1c(N)c2c(-c3ccc(OCCO)cc3)c(C#N)c(SCc3csc(-c4ccc(Cl)cc4)n3)nc2n1C. The molecule has 0 aliphatic rings. The summed E-state index contributed by atoms with van der Waals surface area (Å²) in [6, 6.07) is 17.0. The summed E-state index contributed by atoms with van der Waals surface area (Å²) in [5, 5.41) is 26.6. The first-order valence-corrected chi connectivity index (χ1v) is 14.7. The van der Waals surface area contributed by atoms with Gasteiger partial charge in [0.2, 0.25) is 0 Å². The van der Waals surface area contributed by atoms with E-state index in [1.165, 1.54) is 30.1 Å². The number of pyridine rings is 1. The van der Waals surface area contributed by atoms with Crippen LogP contribution in [0, 0.1) is 11.3 Å². The number of aliphatic hydroxyl groups excluding tert-OH is 1. The normalized spacial score (nSPS) is 11.0. The molecule has 9 nitrogen and oxygen atoms in total. The summed E-state index contributed by atoms with van der Waals surface area (Å²) in [6.07, 6.45) is 0. The second kappa shape index (κ2) is 12.2. The average molecular weight is 605 g/mol. The van der Waals surface area contributed by atoms with Crippen molar-refractivity contribution in [2.24, 2.45) is 7.05 Å². The largest absolute Gasteiger partial charge is 0.491 e. The molecule has 3 aromatic heterocycles. The number of nitriles is 1. The highest BCUT2D eigenvalue weighted by Crippen LogP contribution is 2.42. The zero-order chi connectivity index (χ0) is 29.1. The molecule has 0 atom stereocenters. The van der Waals surface area contributed by atoms with Crippen molar-refractivity contribution in [1.82, 2.24) is 19.9 Å². The Kier molecular flexibility index (Phi) is 8.46. The minimum absolute atomic E-state index is 0.102. The van der Waals surface area contributed by atoms with Crippen molar-refractivity contribution >= 4 is 57.3 Å². The number of nitrogens with two attached hydrogens (primary N) is 1. The zero-order valence-corrected chi connectivity index (χ0v) is 24.5. The maximum absolute atomic E-state index is 12.7. The lowest BCUT2D eigenvalue weighted by atomic mass is 9.98. The monoisotopic (exact) mass is 604 g/mol. The van der Waals surface area contributed by atoms with E-state index in [1.807, 2.05) is 41.8 Å². The number of aliphatic hydroxyl groups is 1. The van der Waals surface area contributed by atoms with Crippen LogP contribution in [0.25, 0.3) is 32.7 Å². The Hall–Kier alpha value is -4.08. The average Bonchev–Trinajstić information content (AvgIpc) is 3.56. The molecule has 0 aliphatic carbocycles. The lowest BCUT2D eigenvalue weighted by Gasteiger charge is -2.13. The van der Waals surface area contributed by atoms with Gasteiger partial charge in [-0.25, -0.2) is 9.97 Å². The smallest absolute Gasteiger partial charge is 0.269 e. The van der Waals surface area contributed by atoms with Gasteiger partial charge in [-0.15, -0.1) is 11.3 Å². The van der Waals surface area contributed by atoms with Gasteiger partial charge in [-0.3, -0.25) is 4.79 Å². The van der Waals surface area contributed by atoms with Crippen LogP contribution in [-0.2, 0) is 12.8 Å². The van der Waals surface area contributed by atoms with Gasteiger partial charge in [0.05, 0.1) is 28.9 Å². The van der Waals surface area contributed by atoms with E-state index in [2.05, 4.69) is 11.4 Å². The number of thioether (sulfide) groups is 1. The number of carbonyl (C=O) groups is 1. The van der Waals surface area contributed by atoms with Crippen molar-refractivity contribution < 1.29 is 14.6 Å². The number of aryl methyl sites for hydroxylation is 1. The fraction of sp³-hybridized carbons (Fsp3) is 0.172. The lowest BCUT2D eigenvalue weighted by molar-refractivity contribution is 0.0956. The Morgan fingerprint density at radius 2 is 1.90 bits per heavy atom. The van der Waals surface area contributed by atoms with Crippen LogP contribution in [0.2, 0.25) is 5.02 Å². The molecule has 208 valence electrons. The third kappa shape index (κ3) is 5.60. The first-order valence-electron chi connectivity index (χ1n) is 12.5. The Labute approximate surface area is 249 Å². The summed E-state index contributed by atoms with van der Waals surface area (Å²) in [7, 11) is 3.26. The first-order chi connectivity index (χ1) is 19.9. The second-order valence-corrected chi connectivity index (χ2v) is 11.2. The molecule has 5 aromatic rings. The number of anilines is 1. The molecule has 0 spiro atoms. The second-order valence-electron chi connectivity index (χ2n) is 8.91. The van der Waals surface area contributed by atoms with Crippen molar-refractivity contribution in [2.45, 2.75) is 10.8 Å². The van der Waals surface area contributed by atoms with Crippen molar-refractivity contribution in [3.8, 4) is 33.5 Å². The van der Waals surface area contributed by atoms with Gasteiger partial charge in [0.25, 0.3) is 5.91 Å². The summed E-state index contributed by atoms with van der Waals surface area (Å²) in [5.74, 6) is 0.701. The van der Waals surface area contributed by atoms with E-state index in [0.29, 0.717) is 49.3 Å². The molecule has 2 aromatic carbocycles. The first kappa shape index (κ1) is 28.4. The van der Waals surface area contributed by atoms with Gasteiger partial charge < -0.3 is 25.5 Å². The molecule has 1 amide bonds. The van der Waals surface area contributed by atoms with E-state index in [1.54, 1.807) is 23.7 Å². The van der Waals surface area contributed by atoms with Crippen LogP contribution in [-0.4, -0.2) is 45.8 Å². The van der Waals surface area contributed by atoms with Gasteiger partial charge >= 0.3 is 0 Å². The number of thiazole rings is 1. The highest BCUT2D eigenvalue weighted by Gasteiger charge is 2.27. The van der Waals surface area contributed by atoms with E-state index < -0.39 is 0 Å². The summed E-state index contributed by atoms with van der Waals surface area (Å²) in [5.41, 5.74) is 11.0. The van der Waals surface area contributed by atoms with Crippen LogP contribution < -0.4 is 15.8 Å². The van der Waals surface area contributed by atoms with E-state index in [0.717, 1.165) is 16.3 Å². The summed E-state index contributed by atoms with van der Waals surface area (Å²) in [6.45, 7) is 0.0649. The van der Waals surface area contributed by atoms with E-state index >= 15 is 0 Å². The standard InChI is InChI=1S/C29H25ClN6O3S2/c1-33-27(38)25-24(32)23-22(16-5-9-20(10-6-16)39-12-11-37)21(13-31)29(35-26(23)36(25)2)41-15-19-14-40-28(34-19)17-3-7-18(30)8-4-17/h3-10,14,37H,11-12,15,32H2,1-2H3,(H,33,38). The minimum Gasteiger partial charge on any atom is -0.491 e. The molecule has 12 heteroatoms. The minimum atomic E-state index is -0.355. The Morgan fingerprint density at radius 3 is 2.56 bits per heavy atom. The summed E-state index contributed by atoms with van der Waals surface area (Å²) >= 11 is 8.95. The van der Waals surface area contributed by atoms with Gasteiger partial charge in [-0.1, -0.05) is 47.6 Å². The van der Waals surface area contributed by atoms with Crippen LogP contribution in [0.5, 0.6) is 5.75 Å². The summed E-state index contributed by atoms with van der Waals surface area (Å²) in [4.78, 5) is 22.3. The van der Waals surface area contributed by atoms with Crippen molar-refractivity contribution in [2.75, 3.05) is 26.0 Å². The van der Waals surface area contributed by atoms with Gasteiger partial charge in [0, 0.05) is 41.4 Å². The molecular formula is C29H25ClN6O3S2. The van der Waals surface area contributed by atoms with Crippen LogP contribution >= 0.6 is 34.7 Å². The number of ether oxygens (including phenoxy) is 1. The predicted molar refractivity (Wildman–Crippen MR) is 163 cm³/mol. The van der Waals surface area contributed by atoms with E-state index in [-0.39, 0.29) is 30.5 Å². The highest BCUT2D eigenvalue weighted by molar-refractivity contribution is 7.98. The molecule has 0 aliphatic heterocycles. The fourth-order valence-corrected chi connectivity index (χ4v) is 6.40. The molecule has 0 radical (unpaired) electrons. The molecule has 3 heterocycles. The van der Waals surface area contributed by atoms with Gasteiger partial charge in [0.1, 0.15) is 39.8 Å². The molecule has 4 N–H and O–H groups in total. The number of halogens is 1. The number of hydrogen-bond acceptors (Lipinski definition) is 9. The highest BCUT2D eigenvalue weighted by atomic mass is 35.5. The van der Waals surface area contributed by atoms with Gasteiger partial charge in [-0.05, 0) is 29.8 Å². The number of nitrogens with one attached hydrogen (secondary N) is 1. The van der Waals surface area contributed by atoms with Crippen LogP contribution in [0.15, 0.2) is 58.9 Å². The van der Waals surface area contributed by atoms with Crippen LogP contribution in [0.1, 0.15) is 21.7 Å². The van der Waals surface area contributed by atoms with Crippen LogP contribution in [0.3, 0.4) is 0 Å². The molecule has 0 unspecified atom stereocenters. The summed E-state index contributed by atoms with van der Waals surface area (Å²) < 4.78 is 7.16. The number of amides is 1. The number of aromatic nitrogens is 3. The number of nitrogens with zero attached hydrogens (tertiary/aromatic N) is 4. The van der Waals surface area contributed by atoms with Crippen molar-refractivity contribution in [1.29, 1.82) is 5.26 Å². The quantitative estimate of drug-likeness (QED) is 0.188. The molecular weight excluding hydrogens is 580 g/mol. The molecule has 0 saturated carbocycles. The van der Waals surface area contributed by atoms with E-state index in [4.69, 9.17) is 37.1 Å².